The summed E-state index contributed by atoms with van der Waals surface area (Å²) in [6.07, 6.45) is 0.184. The molecule has 1 unspecified atom stereocenters. The Bertz CT molecular complexity index is 755. The number of ether oxygens (including phenoxy) is 1. The van der Waals surface area contributed by atoms with Crippen molar-refractivity contribution in [1.29, 1.82) is 0 Å². The highest BCUT2D eigenvalue weighted by molar-refractivity contribution is 5.95. The lowest BCUT2D eigenvalue weighted by Gasteiger charge is -2.42. The predicted molar refractivity (Wildman–Crippen MR) is 106 cm³/mol. The molecule has 0 radical (unpaired) electrons. The van der Waals surface area contributed by atoms with Crippen LogP contribution in [0.4, 0.5) is 0 Å². The number of carbonyl (C=O) groups excluding carboxylic acids is 2. The number of nitrogens with zero attached hydrogens (tertiary/aromatic N) is 1. The molecule has 0 bridgehead atoms. The molecule has 2 N–H and O–H groups in total. The van der Waals surface area contributed by atoms with Crippen LogP contribution >= 0.6 is 0 Å². The van der Waals surface area contributed by atoms with Crippen LogP contribution in [0.2, 0.25) is 0 Å². The number of aliphatic hydroxyl groups is 1. The third kappa shape index (κ3) is 3.66. The number of hydrogen-bond acceptors (Lipinski definition) is 4. The number of nitrogens with one attached hydrogen (secondary N) is 1. The zero-order valence-electron chi connectivity index (χ0n) is 16.0. The van der Waals surface area contributed by atoms with Crippen molar-refractivity contribution < 1.29 is 19.4 Å². The Labute approximate surface area is 165 Å². The molecule has 0 aromatic heterocycles. The van der Waals surface area contributed by atoms with Crippen LogP contribution < -0.4 is 5.32 Å². The van der Waals surface area contributed by atoms with Crippen molar-refractivity contribution in [3.05, 3.63) is 71.8 Å². The van der Waals surface area contributed by atoms with E-state index in [1.54, 1.807) is 4.90 Å². The van der Waals surface area contributed by atoms with Gasteiger partial charge in [0.15, 0.2) is 5.60 Å². The smallest absolute Gasteiger partial charge is 0.264 e. The van der Waals surface area contributed by atoms with Gasteiger partial charge in [0.1, 0.15) is 6.04 Å². The van der Waals surface area contributed by atoms with E-state index in [1.165, 1.54) is 0 Å². The van der Waals surface area contributed by atoms with Crippen molar-refractivity contribution in [1.82, 2.24) is 10.2 Å². The summed E-state index contributed by atoms with van der Waals surface area (Å²) < 4.78 is 6.19. The van der Waals surface area contributed by atoms with E-state index in [-0.39, 0.29) is 24.8 Å². The average Bonchev–Trinajstić information content (AvgIpc) is 2.74. The zero-order chi connectivity index (χ0) is 20.0. The van der Waals surface area contributed by atoms with Crippen LogP contribution in [-0.2, 0) is 19.9 Å². The van der Waals surface area contributed by atoms with Gasteiger partial charge in [0.25, 0.3) is 5.91 Å². The van der Waals surface area contributed by atoms with Gasteiger partial charge >= 0.3 is 0 Å². The van der Waals surface area contributed by atoms with Gasteiger partial charge in [-0.2, -0.15) is 0 Å². The van der Waals surface area contributed by atoms with Gasteiger partial charge in [0, 0.05) is 26.3 Å². The highest BCUT2D eigenvalue weighted by Gasteiger charge is 2.48. The second kappa shape index (κ2) is 8.99. The third-order valence-corrected chi connectivity index (χ3v) is 5.02. The summed E-state index contributed by atoms with van der Waals surface area (Å²) in [5.41, 5.74) is 0.0614. The van der Waals surface area contributed by atoms with E-state index >= 15 is 0 Å². The summed E-state index contributed by atoms with van der Waals surface area (Å²) in [4.78, 5) is 27.9. The minimum atomic E-state index is -1.36. The molecule has 2 aromatic carbocycles. The van der Waals surface area contributed by atoms with Crippen LogP contribution in [0.1, 0.15) is 24.5 Å². The lowest BCUT2D eigenvalue weighted by Crippen LogP contribution is -2.62. The number of benzene rings is 2. The van der Waals surface area contributed by atoms with Crippen LogP contribution in [-0.4, -0.2) is 54.2 Å². The van der Waals surface area contributed by atoms with Crippen molar-refractivity contribution >= 4 is 11.8 Å². The van der Waals surface area contributed by atoms with Crippen LogP contribution in [0.25, 0.3) is 0 Å². The van der Waals surface area contributed by atoms with Crippen LogP contribution in [0.3, 0.4) is 0 Å². The molecule has 1 fully saturated rings. The molecule has 1 atom stereocenters. The van der Waals surface area contributed by atoms with Gasteiger partial charge < -0.3 is 20.1 Å². The molecule has 3 rings (SSSR count). The molecular formula is C22H26N2O4. The molecule has 6 nitrogen and oxygen atoms in total. The van der Waals surface area contributed by atoms with Crippen LogP contribution in [0.15, 0.2) is 60.7 Å². The van der Waals surface area contributed by atoms with Crippen molar-refractivity contribution in [2.75, 3.05) is 26.3 Å². The number of carbonyl (C=O) groups is 2. The molecule has 1 saturated heterocycles. The first-order valence-electron chi connectivity index (χ1n) is 9.59. The maximum atomic E-state index is 14.0. The van der Waals surface area contributed by atoms with Gasteiger partial charge in [-0.1, -0.05) is 60.7 Å². The zero-order valence-corrected chi connectivity index (χ0v) is 16.0. The maximum Gasteiger partial charge on any atom is 0.264 e. The molecule has 1 aliphatic heterocycles. The topological polar surface area (TPSA) is 78.9 Å². The number of amides is 2. The fraction of sp³-hybridized carbons (Fsp3) is 0.364. The SMILES string of the molecule is CCOC(C(=O)N1CCNC(=O)C1CCO)(c1ccccc1)c1ccccc1. The largest absolute Gasteiger partial charge is 0.396 e. The second-order valence-corrected chi connectivity index (χ2v) is 6.66. The Morgan fingerprint density at radius 2 is 1.71 bits per heavy atom. The van der Waals surface area contributed by atoms with Gasteiger partial charge in [-0.05, 0) is 24.5 Å². The van der Waals surface area contributed by atoms with Gasteiger partial charge in [-0.25, -0.2) is 0 Å². The van der Waals surface area contributed by atoms with E-state index in [2.05, 4.69) is 5.32 Å². The van der Waals surface area contributed by atoms with Crippen molar-refractivity contribution in [2.45, 2.75) is 25.0 Å². The third-order valence-electron chi connectivity index (χ3n) is 5.02. The van der Waals surface area contributed by atoms with E-state index in [9.17, 15) is 14.7 Å². The molecule has 0 spiro atoms. The van der Waals surface area contributed by atoms with E-state index in [0.29, 0.717) is 30.8 Å². The predicted octanol–water partition coefficient (Wildman–Crippen LogP) is 1.68. The van der Waals surface area contributed by atoms with E-state index in [0.717, 1.165) is 0 Å². The molecule has 2 amide bonds. The Hall–Kier alpha value is -2.70. The fourth-order valence-electron chi connectivity index (χ4n) is 3.77. The van der Waals surface area contributed by atoms with Gasteiger partial charge in [-0.3, -0.25) is 9.59 Å². The van der Waals surface area contributed by atoms with Gasteiger partial charge in [-0.15, -0.1) is 0 Å². The normalized spacial score (nSPS) is 17.3. The monoisotopic (exact) mass is 382 g/mol. The number of piperazine rings is 1. The summed E-state index contributed by atoms with van der Waals surface area (Å²) in [6.45, 7) is 2.73. The fourth-order valence-corrected chi connectivity index (χ4v) is 3.77. The minimum Gasteiger partial charge on any atom is -0.396 e. The first kappa shape index (κ1) is 20.0. The molecule has 0 aliphatic carbocycles. The highest BCUT2D eigenvalue weighted by atomic mass is 16.5. The Morgan fingerprint density at radius 3 is 2.21 bits per heavy atom. The van der Waals surface area contributed by atoms with Crippen molar-refractivity contribution in [2.24, 2.45) is 0 Å². The first-order chi connectivity index (χ1) is 13.6. The average molecular weight is 382 g/mol. The summed E-state index contributed by atoms with van der Waals surface area (Å²) in [5.74, 6) is -0.541. The molecule has 2 aromatic rings. The van der Waals surface area contributed by atoms with Crippen molar-refractivity contribution in [3.63, 3.8) is 0 Å². The number of aliphatic hydroxyl groups excluding tert-OH is 1. The standard InChI is InChI=1S/C22H26N2O4/c1-2-28-22(17-9-5-3-6-10-17,18-11-7-4-8-12-18)21(27)24-15-14-23-20(26)19(24)13-16-25/h3-12,19,25H,2,13-16H2,1H3,(H,23,26). The number of rotatable bonds is 7. The van der Waals surface area contributed by atoms with Gasteiger partial charge in [0.05, 0.1) is 0 Å². The van der Waals surface area contributed by atoms with Gasteiger partial charge in [0.2, 0.25) is 5.91 Å². The molecule has 28 heavy (non-hydrogen) atoms. The van der Waals surface area contributed by atoms with E-state index in [1.807, 2.05) is 67.6 Å². The molecule has 1 aliphatic rings. The molecule has 6 heteroatoms. The summed E-state index contributed by atoms with van der Waals surface area (Å²) in [6, 6.07) is 18.0. The lowest BCUT2D eigenvalue weighted by molar-refractivity contribution is -0.161. The number of hydrogen-bond donors (Lipinski definition) is 2. The Kier molecular flexibility index (Phi) is 6.44. The first-order valence-corrected chi connectivity index (χ1v) is 9.59. The molecule has 148 valence electrons. The van der Waals surface area contributed by atoms with E-state index < -0.39 is 11.6 Å². The summed E-state index contributed by atoms with van der Waals surface area (Å²) in [7, 11) is 0. The van der Waals surface area contributed by atoms with E-state index in [4.69, 9.17) is 4.74 Å². The van der Waals surface area contributed by atoms with Crippen LogP contribution in [0, 0.1) is 0 Å². The quantitative estimate of drug-likeness (QED) is 0.764. The summed E-state index contributed by atoms with van der Waals surface area (Å²) in [5, 5.41) is 12.2. The molecule has 0 saturated carbocycles. The molecule has 1 heterocycles. The highest BCUT2D eigenvalue weighted by Crippen LogP contribution is 2.37. The summed E-state index contributed by atoms with van der Waals surface area (Å²) >= 11 is 0. The second-order valence-electron chi connectivity index (χ2n) is 6.66. The lowest BCUT2D eigenvalue weighted by atomic mass is 9.83. The minimum absolute atomic E-state index is 0.180. The Balaban J connectivity index is 2.15. The maximum absolute atomic E-state index is 14.0. The Morgan fingerprint density at radius 1 is 1.14 bits per heavy atom. The van der Waals surface area contributed by atoms with Crippen molar-refractivity contribution in [3.8, 4) is 0 Å². The van der Waals surface area contributed by atoms with Crippen LogP contribution in [0.5, 0.6) is 0 Å². The molecular weight excluding hydrogens is 356 g/mol.